The summed E-state index contributed by atoms with van der Waals surface area (Å²) >= 11 is 0. The van der Waals surface area contributed by atoms with Crippen molar-refractivity contribution in [2.24, 2.45) is 5.92 Å². The Hall–Kier alpha value is -1.50. The fourth-order valence-corrected chi connectivity index (χ4v) is 1.77. The molecule has 0 atom stereocenters. The lowest BCUT2D eigenvalue weighted by Crippen LogP contribution is -2.38. The normalized spacial score (nSPS) is 16.7. The summed E-state index contributed by atoms with van der Waals surface area (Å²) in [6.45, 7) is 2.89. The topological polar surface area (TPSA) is 57.6 Å². The van der Waals surface area contributed by atoms with E-state index in [2.05, 4.69) is 11.8 Å². The molecule has 1 saturated heterocycles. The first-order valence-electron chi connectivity index (χ1n) is 5.07. The first-order chi connectivity index (χ1) is 7.13. The maximum Gasteiger partial charge on any atom is 0.303 e. The summed E-state index contributed by atoms with van der Waals surface area (Å²) in [5.41, 5.74) is 0. The number of aliphatic carboxylic acids is 1. The summed E-state index contributed by atoms with van der Waals surface area (Å²) in [6.07, 6.45) is 1.74. The van der Waals surface area contributed by atoms with Gasteiger partial charge in [-0.2, -0.15) is 0 Å². The van der Waals surface area contributed by atoms with Crippen molar-refractivity contribution in [1.82, 2.24) is 4.90 Å². The van der Waals surface area contributed by atoms with Crippen LogP contribution in [0.1, 0.15) is 26.2 Å². The molecule has 4 heteroatoms. The molecule has 0 bridgehead atoms. The Morgan fingerprint density at radius 1 is 1.40 bits per heavy atom. The Balaban J connectivity index is 2.37. The molecule has 0 radical (unpaired) electrons. The predicted molar refractivity (Wildman–Crippen MR) is 55.0 cm³/mol. The minimum absolute atomic E-state index is 0.147. The van der Waals surface area contributed by atoms with Crippen LogP contribution in [0.15, 0.2) is 0 Å². The SMILES string of the molecule is CC#CC(=O)N1CCC(CC(=O)O)CC1. The standard InChI is InChI=1S/C11H15NO3/c1-2-3-10(13)12-6-4-9(5-7-12)8-11(14)15/h9H,4-8H2,1H3,(H,14,15). The van der Waals surface area contributed by atoms with Gasteiger partial charge in [-0.1, -0.05) is 5.92 Å². The molecule has 15 heavy (non-hydrogen) atoms. The minimum Gasteiger partial charge on any atom is -0.481 e. The molecule has 0 unspecified atom stereocenters. The zero-order valence-corrected chi connectivity index (χ0v) is 8.82. The largest absolute Gasteiger partial charge is 0.481 e. The van der Waals surface area contributed by atoms with E-state index in [0.717, 1.165) is 12.8 Å². The summed E-state index contributed by atoms with van der Waals surface area (Å²) in [4.78, 5) is 23.5. The van der Waals surface area contributed by atoms with Crippen LogP contribution < -0.4 is 0 Å². The number of carboxylic acids is 1. The minimum atomic E-state index is -0.756. The lowest BCUT2D eigenvalue weighted by Gasteiger charge is -2.29. The average molecular weight is 209 g/mol. The van der Waals surface area contributed by atoms with Crippen LogP contribution in [0.25, 0.3) is 0 Å². The summed E-state index contributed by atoms with van der Waals surface area (Å²) in [7, 11) is 0. The van der Waals surface area contributed by atoms with Gasteiger partial charge < -0.3 is 10.0 Å². The molecule has 0 aromatic rings. The van der Waals surface area contributed by atoms with Gasteiger partial charge in [-0.15, -0.1) is 0 Å². The summed E-state index contributed by atoms with van der Waals surface area (Å²) in [5, 5.41) is 8.62. The van der Waals surface area contributed by atoms with Crippen LogP contribution in [0.4, 0.5) is 0 Å². The van der Waals surface area contributed by atoms with E-state index in [0.29, 0.717) is 13.1 Å². The second kappa shape index (κ2) is 5.40. The Morgan fingerprint density at radius 3 is 2.47 bits per heavy atom. The van der Waals surface area contributed by atoms with Crippen LogP contribution in [0.5, 0.6) is 0 Å². The lowest BCUT2D eigenvalue weighted by atomic mass is 9.93. The second-order valence-electron chi connectivity index (χ2n) is 3.71. The van der Waals surface area contributed by atoms with Crippen molar-refractivity contribution in [3.05, 3.63) is 0 Å². The van der Waals surface area contributed by atoms with Gasteiger partial charge in [0.05, 0.1) is 0 Å². The number of rotatable bonds is 2. The highest BCUT2D eigenvalue weighted by molar-refractivity contribution is 5.93. The van der Waals surface area contributed by atoms with Crippen molar-refractivity contribution in [3.63, 3.8) is 0 Å². The molecule has 1 aliphatic heterocycles. The first kappa shape index (κ1) is 11.6. The van der Waals surface area contributed by atoms with E-state index in [-0.39, 0.29) is 18.2 Å². The van der Waals surface area contributed by atoms with Gasteiger partial charge in [-0.3, -0.25) is 9.59 Å². The number of carbonyl (C=O) groups is 2. The third kappa shape index (κ3) is 3.62. The van der Waals surface area contributed by atoms with Crippen molar-refractivity contribution < 1.29 is 14.7 Å². The van der Waals surface area contributed by atoms with E-state index in [1.807, 2.05) is 0 Å². The third-order valence-electron chi connectivity index (χ3n) is 2.60. The second-order valence-corrected chi connectivity index (χ2v) is 3.71. The zero-order chi connectivity index (χ0) is 11.3. The van der Waals surface area contributed by atoms with E-state index in [1.54, 1.807) is 11.8 Å². The molecular formula is C11H15NO3. The third-order valence-corrected chi connectivity index (χ3v) is 2.60. The monoisotopic (exact) mass is 209 g/mol. The van der Waals surface area contributed by atoms with Crippen LogP contribution in [0.2, 0.25) is 0 Å². The lowest BCUT2D eigenvalue weighted by molar-refractivity contribution is -0.138. The van der Waals surface area contributed by atoms with E-state index in [4.69, 9.17) is 5.11 Å². The van der Waals surface area contributed by atoms with Gasteiger partial charge in [0, 0.05) is 19.5 Å². The van der Waals surface area contributed by atoms with E-state index in [1.165, 1.54) is 0 Å². The van der Waals surface area contributed by atoms with Crippen molar-refractivity contribution in [2.75, 3.05) is 13.1 Å². The average Bonchev–Trinajstić information content (AvgIpc) is 2.18. The maximum atomic E-state index is 11.4. The molecule has 4 nitrogen and oxygen atoms in total. The molecule has 1 heterocycles. The predicted octanol–water partition coefficient (Wildman–Crippen LogP) is 0.723. The number of carbonyl (C=O) groups excluding carboxylic acids is 1. The Morgan fingerprint density at radius 2 is 2.00 bits per heavy atom. The number of nitrogens with zero attached hydrogens (tertiary/aromatic N) is 1. The number of likely N-dealkylation sites (tertiary alicyclic amines) is 1. The van der Waals surface area contributed by atoms with Crippen LogP contribution in [-0.4, -0.2) is 35.0 Å². The van der Waals surface area contributed by atoms with E-state index < -0.39 is 5.97 Å². The van der Waals surface area contributed by atoms with Crippen LogP contribution in [0, 0.1) is 17.8 Å². The Kier molecular flexibility index (Phi) is 4.17. The van der Waals surface area contributed by atoms with Crippen molar-refractivity contribution in [1.29, 1.82) is 0 Å². The highest BCUT2D eigenvalue weighted by atomic mass is 16.4. The smallest absolute Gasteiger partial charge is 0.303 e. The quantitative estimate of drug-likeness (QED) is 0.682. The van der Waals surface area contributed by atoms with Gasteiger partial charge in [0.15, 0.2) is 0 Å². The van der Waals surface area contributed by atoms with Gasteiger partial charge in [0.1, 0.15) is 0 Å². The van der Waals surface area contributed by atoms with Gasteiger partial charge in [0.25, 0.3) is 5.91 Å². The number of hydrogen-bond acceptors (Lipinski definition) is 2. The van der Waals surface area contributed by atoms with Crippen molar-refractivity contribution >= 4 is 11.9 Å². The molecule has 1 N–H and O–H groups in total. The van der Waals surface area contributed by atoms with Gasteiger partial charge in [0.2, 0.25) is 0 Å². The fourth-order valence-electron chi connectivity index (χ4n) is 1.77. The van der Waals surface area contributed by atoms with Gasteiger partial charge in [-0.25, -0.2) is 0 Å². The highest BCUT2D eigenvalue weighted by Gasteiger charge is 2.23. The molecule has 0 spiro atoms. The fraction of sp³-hybridized carbons (Fsp3) is 0.636. The molecule has 0 saturated carbocycles. The maximum absolute atomic E-state index is 11.4. The first-order valence-corrected chi connectivity index (χ1v) is 5.07. The number of piperidine rings is 1. The molecule has 1 amide bonds. The summed E-state index contributed by atoms with van der Waals surface area (Å²) in [6, 6.07) is 0. The molecular weight excluding hydrogens is 194 g/mol. The zero-order valence-electron chi connectivity index (χ0n) is 8.82. The summed E-state index contributed by atoms with van der Waals surface area (Å²) < 4.78 is 0. The van der Waals surface area contributed by atoms with Crippen molar-refractivity contribution in [3.8, 4) is 11.8 Å². The Bertz CT molecular complexity index is 306. The molecule has 0 aliphatic carbocycles. The number of amides is 1. The molecule has 0 aromatic heterocycles. The van der Waals surface area contributed by atoms with Crippen LogP contribution in [0.3, 0.4) is 0 Å². The Labute approximate surface area is 89.3 Å². The van der Waals surface area contributed by atoms with Gasteiger partial charge >= 0.3 is 5.97 Å². The summed E-state index contributed by atoms with van der Waals surface area (Å²) in [5.74, 6) is 4.37. The highest BCUT2D eigenvalue weighted by Crippen LogP contribution is 2.20. The number of hydrogen-bond donors (Lipinski definition) is 1. The van der Waals surface area contributed by atoms with E-state index in [9.17, 15) is 9.59 Å². The van der Waals surface area contributed by atoms with Gasteiger partial charge in [-0.05, 0) is 31.6 Å². The molecule has 0 aromatic carbocycles. The van der Waals surface area contributed by atoms with Crippen LogP contribution in [-0.2, 0) is 9.59 Å². The van der Waals surface area contributed by atoms with E-state index >= 15 is 0 Å². The molecule has 1 rings (SSSR count). The van der Waals surface area contributed by atoms with Crippen LogP contribution >= 0.6 is 0 Å². The molecule has 82 valence electrons. The molecule has 1 fully saturated rings. The molecule has 1 aliphatic rings. The number of carboxylic acid groups (broad SMARTS) is 1. The van der Waals surface area contributed by atoms with Crippen molar-refractivity contribution in [2.45, 2.75) is 26.2 Å².